The topological polar surface area (TPSA) is 97.1 Å². The zero-order valence-corrected chi connectivity index (χ0v) is 19.8. The minimum atomic E-state index is -3.70. The number of hydrogen-bond acceptors (Lipinski definition) is 6. The zero-order chi connectivity index (χ0) is 23.6. The molecule has 0 spiro atoms. The molecule has 3 aromatic carbocycles. The standard InChI is InChI=1S/C25H26N4O3S/c1-16-7-5-8-20(13-16)25-28-27-24(32-25)19(4)26-21-9-6-10-22(15-21)29-33(30,31)23-12-11-17(2)18(3)14-23/h5-15,19,26,29H,1-4H3/t19-/m0/s1. The summed E-state index contributed by atoms with van der Waals surface area (Å²) >= 11 is 0. The van der Waals surface area contributed by atoms with Crippen molar-refractivity contribution in [2.45, 2.75) is 38.6 Å². The smallest absolute Gasteiger partial charge is 0.261 e. The van der Waals surface area contributed by atoms with Crippen molar-refractivity contribution >= 4 is 21.4 Å². The molecule has 1 aromatic heterocycles. The van der Waals surface area contributed by atoms with Crippen molar-refractivity contribution in [1.29, 1.82) is 0 Å². The van der Waals surface area contributed by atoms with Crippen molar-refractivity contribution in [3.63, 3.8) is 0 Å². The van der Waals surface area contributed by atoms with Gasteiger partial charge in [0.1, 0.15) is 6.04 Å². The van der Waals surface area contributed by atoms with Crippen LogP contribution < -0.4 is 10.0 Å². The summed E-state index contributed by atoms with van der Waals surface area (Å²) in [7, 11) is -3.70. The largest absolute Gasteiger partial charge is 0.418 e. The number of sulfonamides is 1. The molecule has 4 aromatic rings. The van der Waals surface area contributed by atoms with Gasteiger partial charge in [-0.1, -0.05) is 29.8 Å². The van der Waals surface area contributed by atoms with Gasteiger partial charge < -0.3 is 9.73 Å². The third-order valence-corrected chi connectivity index (χ3v) is 6.74. The Morgan fingerprint density at radius 2 is 1.61 bits per heavy atom. The minimum Gasteiger partial charge on any atom is -0.418 e. The summed E-state index contributed by atoms with van der Waals surface area (Å²) in [6.07, 6.45) is 0. The summed E-state index contributed by atoms with van der Waals surface area (Å²) in [5, 5.41) is 11.6. The van der Waals surface area contributed by atoms with E-state index in [-0.39, 0.29) is 10.9 Å². The lowest BCUT2D eigenvalue weighted by molar-refractivity contribution is 0.485. The summed E-state index contributed by atoms with van der Waals surface area (Å²) in [6.45, 7) is 7.75. The van der Waals surface area contributed by atoms with Crippen LogP contribution in [0.3, 0.4) is 0 Å². The highest BCUT2D eigenvalue weighted by Gasteiger charge is 2.17. The fourth-order valence-corrected chi connectivity index (χ4v) is 4.52. The SMILES string of the molecule is Cc1cccc(-c2nnc([C@H](C)Nc3cccc(NS(=O)(=O)c4ccc(C)c(C)c4)c3)o2)c1. The van der Waals surface area contributed by atoms with Crippen LogP contribution in [-0.4, -0.2) is 18.6 Å². The maximum Gasteiger partial charge on any atom is 0.261 e. The second-order valence-electron chi connectivity index (χ2n) is 8.11. The van der Waals surface area contributed by atoms with Gasteiger partial charge in [-0.3, -0.25) is 4.72 Å². The normalized spacial score (nSPS) is 12.4. The van der Waals surface area contributed by atoms with E-state index in [9.17, 15) is 8.42 Å². The Kier molecular flexibility index (Phi) is 6.20. The van der Waals surface area contributed by atoms with Crippen molar-refractivity contribution in [3.8, 4) is 11.5 Å². The molecule has 1 heterocycles. The molecule has 0 radical (unpaired) electrons. The molecule has 0 saturated heterocycles. The maximum absolute atomic E-state index is 12.8. The van der Waals surface area contributed by atoms with Gasteiger partial charge in [0.15, 0.2) is 0 Å². The molecule has 33 heavy (non-hydrogen) atoms. The number of rotatable bonds is 7. The quantitative estimate of drug-likeness (QED) is 0.369. The molecule has 4 rings (SSSR count). The molecule has 0 unspecified atom stereocenters. The van der Waals surface area contributed by atoms with E-state index in [0.29, 0.717) is 17.5 Å². The molecule has 1 atom stereocenters. The van der Waals surface area contributed by atoms with Crippen LogP contribution in [0.4, 0.5) is 11.4 Å². The zero-order valence-electron chi connectivity index (χ0n) is 19.0. The molecule has 8 heteroatoms. The average Bonchev–Trinajstić information content (AvgIpc) is 3.26. The van der Waals surface area contributed by atoms with Gasteiger partial charge in [-0.15, -0.1) is 10.2 Å². The molecule has 0 fully saturated rings. The fourth-order valence-electron chi connectivity index (χ4n) is 3.38. The maximum atomic E-state index is 12.8. The lowest BCUT2D eigenvalue weighted by Crippen LogP contribution is -2.13. The lowest BCUT2D eigenvalue weighted by Gasteiger charge is -2.14. The Balaban J connectivity index is 1.48. The predicted octanol–water partition coefficient (Wildman–Crippen LogP) is 5.64. The Morgan fingerprint density at radius 1 is 0.848 bits per heavy atom. The van der Waals surface area contributed by atoms with Gasteiger partial charge in [0, 0.05) is 11.3 Å². The Hall–Kier alpha value is -3.65. The molecular formula is C25H26N4O3S. The van der Waals surface area contributed by atoms with Crippen molar-refractivity contribution in [2.24, 2.45) is 0 Å². The molecule has 0 amide bonds. The molecule has 0 bridgehead atoms. The van der Waals surface area contributed by atoms with Crippen LogP contribution in [-0.2, 0) is 10.0 Å². The van der Waals surface area contributed by atoms with Crippen molar-refractivity contribution in [1.82, 2.24) is 10.2 Å². The number of nitrogens with one attached hydrogen (secondary N) is 2. The van der Waals surface area contributed by atoms with E-state index in [1.807, 2.05) is 58.0 Å². The molecule has 0 saturated carbocycles. The molecule has 0 aliphatic heterocycles. The van der Waals surface area contributed by atoms with E-state index in [4.69, 9.17) is 4.42 Å². The van der Waals surface area contributed by atoms with Crippen LogP contribution in [0.25, 0.3) is 11.5 Å². The van der Waals surface area contributed by atoms with Gasteiger partial charge in [-0.2, -0.15) is 0 Å². The van der Waals surface area contributed by atoms with Crippen molar-refractivity contribution in [2.75, 3.05) is 10.0 Å². The van der Waals surface area contributed by atoms with Gasteiger partial charge in [-0.25, -0.2) is 8.42 Å². The van der Waals surface area contributed by atoms with E-state index < -0.39 is 10.0 Å². The minimum absolute atomic E-state index is 0.229. The third kappa shape index (κ3) is 5.23. The summed E-state index contributed by atoms with van der Waals surface area (Å²) in [5.74, 6) is 0.893. The van der Waals surface area contributed by atoms with Crippen LogP contribution in [0.1, 0.15) is 35.5 Å². The van der Waals surface area contributed by atoms with Crippen molar-refractivity contribution < 1.29 is 12.8 Å². The number of anilines is 2. The van der Waals surface area contributed by atoms with Gasteiger partial charge in [0.25, 0.3) is 10.0 Å². The van der Waals surface area contributed by atoms with Gasteiger partial charge in [0.05, 0.1) is 10.6 Å². The Bertz CT molecular complexity index is 1400. The van der Waals surface area contributed by atoms with Crippen LogP contribution in [0.15, 0.2) is 76.0 Å². The first-order valence-corrected chi connectivity index (χ1v) is 12.1. The second kappa shape index (κ2) is 9.07. The van der Waals surface area contributed by atoms with Gasteiger partial charge in [-0.05, 0) is 81.3 Å². The molecule has 0 aliphatic rings. The highest BCUT2D eigenvalue weighted by atomic mass is 32.2. The summed E-state index contributed by atoms with van der Waals surface area (Å²) in [6, 6.07) is 19.7. The van der Waals surface area contributed by atoms with E-state index >= 15 is 0 Å². The number of benzene rings is 3. The van der Waals surface area contributed by atoms with E-state index in [1.54, 1.807) is 36.4 Å². The first-order valence-electron chi connectivity index (χ1n) is 10.6. The Morgan fingerprint density at radius 3 is 2.36 bits per heavy atom. The van der Waals surface area contributed by atoms with Crippen LogP contribution in [0, 0.1) is 20.8 Å². The summed E-state index contributed by atoms with van der Waals surface area (Å²) in [4.78, 5) is 0.229. The predicted molar refractivity (Wildman–Crippen MR) is 130 cm³/mol. The number of aryl methyl sites for hydroxylation is 3. The first kappa shape index (κ1) is 22.5. The second-order valence-corrected chi connectivity index (χ2v) is 9.80. The summed E-state index contributed by atoms with van der Waals surface area (Å²) < 4.78 is 34.1. The molecular weight excluding hydrogens is 436 g/mol. The summed E-state index contributed by atoms with van der Waals surface area (Å²) in [5.41, 5.74) is 5.11. The van der Waals surface area contributed by atoms with E-state index in [0.717, 1.165) is 27.9 Å². The highest BCUT2D eigenvalue weighted by molar-refractivity contribution is 7.92. The van der Waals surface area contributed by atoms with Crippen LogP contribution in [0.5, 0.6) is 0 Å². The highest BCUT2D eigenvalue weighted by Crippen LogP contribution is 2.26. The number of nitrogens with zero attached hydrogens (tertiary/aromatic N) is 2. The van der Waals surface area contributed by atoms with Crippen LogP contribution >= 0.6 is 0 Å². The van der Waals surface area contributed by atoms with Crippen molar-refractivity contribution in [3.05, 3.63) is 89.3 Å². The van der Waals surface area contributed by atoms with Gasteiger partial charge >= 0.3 is 0 Å². The number of aromatic nitrogens is 2. The lowest BCUT2D eigenvalue weighted by atomic mass is 10.1. The monoisotopic (exact) mass is 462 g/mol. The third-order valence-electron chi connectivity index (χ3n) is 5.36. The molecule has 2 N–H and O–H groups in total. The Labute approximate surface area is 193 Å². The molecule has 170 valence electrons. The number of hydrogen-bond donors (Lipinski definition) is 2. The molecule has 7 nitrogen and oxygen atoms in total. The first-order chi connectivity index (χ1) is 15.7. The van der Waals surface area contributed by atoms with Gasteiger partial charge in [0.2, 0.25) is 11.8 Å². The average molecular weight is 463 g/mol. The molecule has 0 aliphatic carbocycles. The van der Waals surface area contributed by atoms with E-state index in [2.05, 4.69) is 20.2 Å². The van der Waals surface area contributed by atoms with Crippen LogP contribution in [0.2, 0.25) is 0 Å². The van der Waals surface area contributed by atoms with E-state index in [1.165, 1.54) is 0 Å². The fraction of sp³-hybridized carbons (Fsp3) is 0.200.